The van der Waals surface area contributed by atoms with Gasteiger partial charge in [0.05, 0.1) is 12.7 Å². The summed E-state index contributed by atoms with van der Waals surface area (Å²) in [6, 6.07) is 3.46. The summed E-state index contributed by atoms with van der Waals surface area (Å²) in [7, 11) is 0. The molecule has 0 radical (unpaired) electrons. The van der Waals surface area contributed by atoms with E-state index in [1.165, 1.54) is 5.56 Å². The molecule has 2 heterocycles. The number of aromatic nitrogens is 1. The van der Waals surface area contributed by atoms with Crippen LogP contribution in [-0.4, -0.2) is 71.8 Å². The summed E-state index contributed by atoms with van der Waals surface area (Å²) in [6.07, 6.45) is 7.15. The molecule has 0 aliphatic carbocycles. The van der Waals surface area contributed by atoms with Gasteiger partial charge in [-0.05, 0) is 83.4 Å². The zero-order chi connectivity index (χ0) is 25.6. The number of nitrogens with one attached hydrogen (secondary N) is 2. The van der Waals surface area contributed by atoms with Crippen LogP contribution in [-0.2, 0) is 27.2 Å². The van der Waals surface area contributed by atoms with Crippen molar-refractivity contribution >= 4 is 17.7 Å². The topological polar surface area (TPSA) is 104 Å². The highest BCUT2D eigenvalue weighted by atomic mass is 16.5. The Balaban J connectivity index is 1.85. The average Bonchev–Trinajstić information content (AvgIpc) is 2.84. The van der Waals surface area contributed by atoms with E-state index in [1.807, 2.05) is 27.7 Å². The number of hydrogen-bond donors (Lipinski definition) is 3. The number of fused-ring (bicyclic) bond motifs is 1. The molecule has 1 unspecified atom stereocenters. The molecule has 198 valence electrons. The quantitative estimate of drug-likeness (QED) is 0.285. The van der Waals surface area contributed by atoms with Gasteiger partial charge in [-0.25, -0.2) is 9.78 Å². The molecule has 8 heteroatoms. The Labute approximate surface area is 211 Å². The number of unbranched alkanes of at least 4 members (excludes halogenated alkanes) is 1. The Bertz CT molecular complexity index is 782. The van der Waals surface area contributed by atoms with Crippen molar-refractivity contribution in [2.45, 2.75) is 91.2 Å². The van der Waals surface area contributed by atoms with E-state index in [0.717, 1.165) is 63.3 Å². The zero-order valence-electron chi connectivity index (χ0n) is 22.1. The molecule has 0 saturated heterocycles. The summed E-state index contributed by atoms with van der Waals surface area (Å²) in [5.74, 6) is -0.241. The second-order valence-corrected chi connectivity index (χ2v) is 9.76. The number of pyridine rings is 1. The van der Waals surface area contributed by atoms with Crippen molar-refractivity contribution in [2.75, 3.05) is 38.1 Å². The lowest BCUT2D eigenvalue weighted by atomic mass is 10.0. The van der Waals surface area contributed by atoms with Gasteiger partial charge in [0.15, 0.2) is 0 Å². The predicted molar refractivity (Wildman–Crippen MR) is 140 cm³/mol. The van der Waals surface area contributed by atoms with Crippen LogP contribution in [0.25, 0.3) is 0 Å². The summed E-state index contributed by atoms with van der Waals surface area (Å²) < 4.78 is 5.74. The molecule has 1 atom stereocenters. The second-order valence-electron chi connectivity index (χ2n) is 9.76. The van der Waals surface area contributed by atoms with Gasteiger partial charge in [-0.2, -0.15) is 0 Å². The number of hydrogen-bond acceptors (Lipinski definition) is 6. The summed E-state index contributed by atoms with van der Waals surface area (Å²) in [5.41, 5.74) is 2.42. The Kier molecular flexibility index (Phi) is 13.1. The minimum absolute atomic E-state index is 0.139. The summed E-state index contributed by atoms with van der Waals surface area (Å²) >= 11 is 0. The van der Waals surface area contributed by atoms with Gasteiger partial charge >= 0.3 is 5.97 Å². The van der Waals surface area contributed by atoms with Crippen molar-refractivity contribution in [3.63, 3.8) is 0 Å². The van der Waals surface area contributed by atoms with Gasteiger partial charge in [-0.15, -0.1) is 0 Å². The molecule has 1 amide bonds. The largest absolute Gasteiger partial charge is 0.480 e. The van der Waals surface area contributed by atoms with Crippen LogP contribution in [0.2, 0.25) is 0 Å². The number of rotatable bonds is 17. The maximum absolute atomic E-state index is 12.4. The maximum Gasteiger partial charge on any atom is 0.326 e. The molecule has 2 rings (SSSR count). The number of carbonyl (C=O) groups excluding carboxylic acids is 1. The van der Waals surface area contributed by atoms with E-state index in [2.05, 4.69) is 27.7 Å². The van der Waals surface area contributed by atoms with Crippen LogP contribution in [0.15, 0.2) is 12.1 Å². The van der Waals surface area contributed by atoms with Crippen molar-refractivity contribution in [1.29, 1.82) is 0 Å². The highest BCUT2D eigenvalue weighted by Gasteiger charge is 2.24. The lowest BCUT2D eigenvalue weighted by molar-refractivity contribution is -0.142. The Morgan fingerprint density at radius 3 is 2.63 bits per heavy atom. The number of carboxylic acid groups (broad SMARTS) is 1. The van der Waals surface area contributed by atoms with Gasteiger partial charge in [0, 0.05) is 31.2 Å². The average molecular weight is 491 g/mol. The molecular weight excluding hydrogens is 444 g/mol. The lowest BCUT2D eigenvalue weighted by Gasteiger charge is -2.25. The highest BCUT2D eigenvalue weighted by molar-refractivity contribution is 5.84. The minimum atomic E-state index is -0.977. The van der Waals surface area contributed by atoms with Crippen molar-refractivity contribution in [1.82, 2.24) is 15.2 Å². The van der Waals surface area contributed by atoms with E-state index in [9.17, 15) is 14.7 Å². The first kappa shape index (κ1) is 29.0. The van der Waals surface area contributed by atoms with Gasteiger partial charge in [0.1, 0.15) is 11.9 Å². The molecule has 1 aliphatic rings. The second kappa shape index (κ2) is 15.7. The number of nitrogens with zero attached hydrogens (tertiary/aromatic N) is 2. The van der Waals surface area contributed by atoms with Crippen molar-refractivity contribution < 1.29 is 19.4 Å². The van der Waals surface area contributed by atoms with Crippen molar-refractivity contribution in [2.24, 2.45) is 5.92 Å². The molecule has 0 spiro atoms. The van der Waals surface area contributed by atoms with E-state index in [-0.39, 0.29) is 17.9 Å². The van der Waals surface area contributed by atoms with E-state index in [0.29, 0.717) is 32.4 Å². The first-order valence-corrected chi connectivity index (χ1v) is 13.4. The van der Waals surface area contributed by atoms with Gasteiger partial charge in [-0.3, -0.25) is 4.79 Å². The monoisotopic (exact) mass is 490 g/mol. The first-order valence-electron chi connectivity index (χ1n) is 13.4. The summed E-state index contributed by atoms with van der Waals surface area (Å²) in [6.45, 7) is 11.7. The third-order valence-electron chi connectivity index (χ3n) is 6.67. The van der Waals surface area contributed by atoms with E-state index in [1.54, 1.807) is 0 Å². The smallest absolute Gasteiger partial charge is 0.326 e. The summed E-state index contributed by atoms with van der Waals surface area (Å²) in [4.78, 5) is 31.3. The highest BCUT2D eigenvalue weighted by Crippen LogP contribution is 2.20. The molecular formula is C27H46N4O4. The van der Waals surface area contributed by atoms with E-state index >= 15 is 0 Å². The van der Waals surface area contributed by atoms with Crippen LogP contribution in [0, 0.1) is 5.92 Å². The van der Waals surface area contributed by atoms with Crippen LogP contribution in [0.5, 0.6) is 0 Å². The fourth-order valence-electron chi connectivity index (χ4n) is 4.42. The molecule has 35 heavy (non-hydrogen) atoms. The number of aliphatic carboxylic acids is 1. The first-order chi connectivity index (χ1) is 16.8. The van der Waals surface area contributed by atoms with Crippen LogP contribution >= 0.6 is 0 Å². The van der Waals surface area contributed by atoms with E-state index < -0.39 is 12.0 Å². The van der Waals surface area contributed by atoms with Gasteiger partial charge in [0.2, 0.25) is 5.91 Å². The van der Waals surface area contributed by atoms with Gasteiger partial charge in [-0.1, -0.05) is 19.9 Å². The number of carboxylic acids is 1. The fraction of sp³-hybridized carbons (Fsp3) is 0.741. The maximum atomic E-state index is 12.4. The molecule has 1 aromatic heterocycles. The van der Waals surface area contributed by atoms with Crippen LogP contribution in [0.4, 0.5) is 5.82 Å². The SMILES string of the molecule is CCC(CC)C(=O)NC(CCN(CCCCc1ccc2c(n1)NCCC2)CCOC(C)C)C(=O)O. The molecule has 0 fully saturated rings. The zero-order valence-corrected chi connectivity index (χ0v) is 22.1. The minimum Gasteiger partial charge on any atom is -0.480 e. The Morgan fingerprint density at radius 1 is 1.17 bits per heavy atom. The molecule has 1 aromatic rings. The van der Waals surface area contributed by atoms with Crippen LogP contribution < -0.4 is 10.6 Å². The van der Waals surface area contributed by atoms with Gasteiger partial charge in [0.25, 0.3) is 0 Å². The molecule has 1 aliphatic heterocycles. The number of amides is 1. The number of carbonyl (C=O) groups is 2. The molecule has 8 nitrogen and oxygen atoms in total. The fourth-order valence-corrected chi connectivity index (χ4v) is 4.42. The molecule has 0 bridgehead atoms. The predicted octanol–water partition coefficient (Wildman–Crippen LogP) is 3.89. The van der Waals surface area contributed by atoms with Crippen LogP contribution in [0.1, 0.15) is 77.5 Å². The third-order valence-corrected chi connectivity index (χ3v) is 6.67. The van der Waals surface area contributed by atoms with Crippen molar-refractivity contribution in [3.8, 4) is 0 Å². The Hall–Kier alpha value is -2.19. The number of aryl methyl sites for hydroxylation is 2. The molecule has 0 aromatic carbocycles. The molecule has 3 N–H and O–H groups in total. The standard InChI is InChI=1S/C27H46N4O4/c1-5-21(6-2)26(32)30-24(27(33)34)14-17-31(18-19-35-20(3)4)16-8-7-11-23-13-12-22-10-9-15-28-25(22)29-23/h12-13,20-21,24H,5-11,14-19H2,1-4H3,(H,28,29)(H,30,32)(H,33,34). The summed E-state index contributed by atoms with van der Waals surface area (Å²) in [5, 5.41) is 15.8. The number of anilines is 1. The third kappa shape index (κ3) is 10.5. The normalized spacial score (nSPS) is 14.1. The van der Waals surface area contributed by atoms with Crippen LogP contribution in [0.3, 0.4) is 0 Å². The van der Waals surface area contributed by atoms with Gasteiger partial charge < -0.3 is 25.4 Å². The Morgan fingerprint density at radius 2 is 1.94 bits per heavy atom. The lowest BCUT2D eigenvalue weighted by Crippen LogP contribution is -2.45. The van der Waals surface area contributed by atoms with E-state index in [4.69, 9.17) is 9.72 Å². The number of ether oxygens (including phenoxy) is 1. The molecule has 0 saturated carbocycles. The van der Waals surface area contributed by atoms with Crippen molar-refractivity contribution in [3.05, 3.63) is 23.4 Å².